The standard InChI is InChI=1S/3C7H4F3.Bi/c3*8-7(9,10)6-4-2-1-3-5-6;/h3*1-2,4-5H;. The maximum absolute atomic E-state index is 13.2. The van der Waals surface area contributed by atoms with Gasteiger partial charge < -0.3 is 0 Å². The molecule has 0 nitrogen and oxygen atoms in total. The first kappa shape index (κ1) is 23.6. The molecule has 3 aromatic rings. The molecule has 0 saturated carbocycles. The van der Waals surface area contributed by atoms with Crippen LogP contribution in [0.5, 0.6) is 0 Å². The summed E-state index contributed by atoms with van der Waals surface area (Å²) in [6, 6.07) is 12.2. The molecule has 0 atom stereocenters. The van der Waals surface area contributed by atoms with Crippen LogP contribution in [0.4, 0.5) is 39.5 Å². The van der Waals surface area contributed by atoms with Crippen LogP contribution < -0.4 is 9.81 Å². The van der Waals surface area contributed by atoms with Gasteiger partial charge in [0.25, 0.3) is 0 Å². The van der Waals surface area contributed by atoms with Gasteiger partial charge in [0.2, 0.25) is 0 Å². The SMILES string of the molecule is FC(F)(F)c1ccc[c]([Bi]([c]2cccc(C(F)(F)F)c2)[c]2cccc(C(F)(F)F)c2)c1. The first-order valence-electron chi connectivity index (χ1n) is 8.59. The molecule has 0 spiro atoms. The molecular weight excluding hydrogens is 632 g/mol. The third kappa shape index (κ3) is 5.59. The van der Waals surface area contributed by atoms with E-state index in [-0.39, 0.29) is 9.81 Å². The number of hydrogen-bond donors (Lipinski definition) is 0. The first-order chi connectivity index (χ1) is 14.3. The van der Waals surface area contributed by atoms with Crippen molar-refractivity contribution in [3.05, 3.63) is 89.5 Å². The molecule has 0 aliphatic rings. The number of hydrogen-bond acceptors (Lipinski definition) is 0. The molecule has 0 bridgehead atoms. The molecule has 10 heteroatoms. The Bertz CT molecular complexity index is 928. The molecule has 164 valence electrons. The summed E-state index contributed by atoms with van der Waals surface area (Å²) in [7, 11) is 0. The predicted molar refractivity (Wildman–Crippen MR) is 99.0 cm³/mol. The zero-order chi connectivity index (χ0) is 23.0. The van der Waals surface area contributed by atoms with Crippen molar-refractivity contribution in [3.63, 3.8) is 0 Å². The van der Waals surface area contributed by atoms with Crippen molar-refractivity contribution in [2.24, 2.45) is 0 Å². The van der Waals surface area contributed by atoms with Crippen LogP contribution in [0.25, 0.3) is 0 Å². The van der Waals surface area contributed by atoms with Crippen molar-refractivity contribution < 1.29 is 39.5 Å². The molecule has 0 heterocycles. The van der Waals surface area contributed by atoms with Crippen LogP contribution in [0, 0.1) is 0 Å². The van der Waals surface area contributed by atoms with Crippen LogP contribution in [0.3, 0.4) is 0 Å². The molecule has 0 saturated heterocycles. The van der Waals surface area contributed by atoms with Crippen molar-refractivity contribution >= 4 is 31.6 Å². The Morgan fingerprint density at radius 2 is 0.677 bits per heavy atom. The molecule has 0 unspecified atom stereocenters. The topological polar surface area (TPSA) is 0 Å². The van der Waals surface area contributed by atoms with E-state index in [9.17, 15) is 39.5 Å². The summed E-state index contributed by atoms with van der Waals surface area (Å²) in [4.78, 5) is 0. The fourth-order valence-electron chi connectivity index (χ4n) is 2.91. The second-order valence-corrected chi connectivity index (χ2v) is 15.1. The Morgan fingerprint density at radius 1 is 0.419 bits per heavy atom. The predicted octanol–water partition coefficient (Wildman–Crippen LogP) is 5.26. The summed E-state index contributed by atoms with van der Waals surface area (Å²) in [5.41, 5.74) is -3.03. The maximum atomic E-state index is 13.2. The van der Waals surface area contributed by atoms with Gasteiger partial charge in [-0.05, 0) is 0 Å². The Kier molecular flexibility index (Phi) is 6.43. The van der Waals surface area contributed by atoms with Gasteiger partial charge in [0.1, 0.15) is 0 Å². The molecule has 31 heavy (non-hydrogen) atoms. The molecule has 3 rings (SSSR count). The quantitative estimate of drug-likeness (QED) is 0.270. The second-order valence-electron chi connectivity index (χ2n) is 6.48. The Balaban J connectivity index is 2.24. The van der Waals surface area contributed by atoms with E-state index in [0.717, 1.165) is 54.6 Å². The van der Waals surface area contributed by atoms with E-state index in [1.165, 1.54) is 18.2 Å². The van der Waals surface area contributed by atoms with E-state index in [4.69, 9.17) is 0 Å². The van der Waals surface area contributed by atoms with Gasteiger partial charge in [-0.2, -0.15) is 0 Å². The van der Waals surface area contributed by atoms with E-state index < -0.39 is 57.0 Å². The monoisotopic (exact) mass is 644 g/mol. The van der Waals surface area contributed by atoms with Gasteiger partial charge in [-0.1, -0.05) is 0 Å². The molecular formula is C21H12BiF9. The van der Waals surface area contributed by atoms with E-state index in [1.54, 1.807) is 0 Å². The van der Waals surface area contributed by atoms with Crippen molar-refractivity contribution in [3.8, 4) is 0 Å². The van der Waals surface area contributed by atoms with E-state index in [1.807, 2.05) is 0 Å². The molecule has 0 fully saturated rings. The number of alkyl halides is 9. The van der Waals surface area contributed by atoms with Crippen LogP contribution in [0.15, 0.2) is 72.8 Å². The Hall–Kier alpha value is -2.09. The first-order valence-corrected chi connectivity index (χ1v) is 13.8. The summed E-state index contributed by atoms with van der Waals surface area (Å²) in [6.07, 6.45) is -14.1. The normalized spacial score (nSPS) is 13.0. The van der Waals surface area contributed by atoms with Gasteiger partial charge >= 0.3 is 179 Å². The van der Waals surface area contributed by atoms with Gasteiger partial charge in [0.05, 0.1) is 0 Å². The van der Waals surface area contributed by atoms with Crippen LogP contribution in [0.2, 0.25) is 0 Å². The molecule has 0 aliphatic carbocycles. The van der Waals surface area contributed by atoms with Crippen molar-refractivity contribution in [1.29, 1.82) is 0 Å². The third-order valence-electron chi connectivity index (χ3n) is 4.30. The summed E-state index contributed by atoms with van der Waals surface area (Å²) >= 11 is -3.96. The number of benzene rings is 3. The molecule has 0 aliphatic heterocycles. The van der Waals surface area contributed by atoms with Crippen molar-refractivity contribution in [2.75, 3.05) is 0 Å². The Labute approximate surface area is 179 Å². The van der Waals surface area contributed by atoms with E-state index in [2.05, 4.69) is 0 Å². The third-order valence-corrected chi connectivity index (χ3v) is 13.6. The van der Waals surface area contributed by atoms with Gasteiger partial charge in [-0.3, -0.25) is 0 Å². The molecule has 0 N–H and O–H groups in total. The average Bonchev–Trinajstić information content (AvgIpc) is 2.67. The van der Waals surface area contributed by atoms with Gasteiger partial charge in [0, 0.05) is 0 Å². The fraction of sp³-hybridized carbons (Fsp3) is 0.143. The van der Waals surface area contributed by atoms with Crippen molar-refractivity contribution in [1.82, 2.24) is 0 Å². The van der Waals surface area contributed by atoms with Crippen LogP contribution >= 0.6 is 0 Å². The Morgan fingerprint density at radius 3 is 0.903 bits per heavy atom. The summed E-state index contributed by atoms with van der Waals surface area (Å²) in [6.45, 7) is 0. The zero-order valence-electron chi connectivity index (χ0n) is 15.3. The van der Waals surface area contributed by atoms with Gasteiger partial charge in [-0.15, -0.1) is 0 Å². The fourth-order valence-corrected chi connectivity index (χ4v) is 12.3. The van der Waals surface area contributed by atoms with Crippen molar-refractivity contribution in [2.45, 2.75) is 18.5 Å². The summed E-state index contributed by atoms with van der Waals surface area (Å²) in [5.74, 6) is 0. The zero-order valence-corrected chi connectivity index (χ0v) is 18.8. The average molecular weight is 644 g/mol. The molecule has 3 aromatic carbocycles. The minimum atomic E-state index is -4.70. The summed E-state index contributed by atoms with van der Waals surface area (Å²) < 4.78 is 119. The van der Waals surface area contributed by atoms with E-state index in [0.29, 0.717) is 0 Å². The van der Waals surface area contributed by atoms with Gasteiger partial charge in [-0.25, -0.2) is 0 Å². The van der Waals surface area contributed by atoms with Crippen LogP contribution in [-0.4, -0.2) is 21.8 Å². The van der Waals surface area contributed by atoms with Crippen LogP contribution in [0.1, 0.15) is 16.7 Å². The molecule has 0 radical (unpaired) electrons. The van der Waals surface area contributed by atoms with E-state index >= 15 is 0 Å². The van der Waals surface area contributed by atoms with Crippen LogP contribution in [-0.2, 0) is 18.5 Å². The summed E-state index contributed by atoms with van der Waals surface area (Å²) in [5, 5.41) is 0. The second kappa shape index (κ2) is 8.45. The number of rotatable bonds is 3. The van der Waals surface area contributed by atoms with Gasteiger partial charge in [0.15, 0.2) is 0 Å². The molecule has 0 aromatic heterocycles. The molecule has 0 amide bonds. The minimum absolute atomic E-state index is 0.114. The number of halogens is 9.